The Morgan fingerprint density at radius 2 is 1.61 bits per heavy atom. The van der Waals surface area contributed by atoms with Crippen LogP contribution in [0.4, 0.5) is 5.69 Å². The molecular formula is C33H40BrN3O6S. The molecule has 0 aliphatic carbocycles. The Hall–Kier alpha value is -3.57. The highest BCUT2D eigenvalue weighted by Crippen LogP contribution is 2.35. The average Bonchev–Trinajstić information content (AvgIpc) is 3.00. The average molecular weight is 687 g/mol. The molecule has 1 atom stereocenters. The van der Waals surface area contributed by atoms with E-state index >= 15 is 0 Å². The molecule has 0 unspecified atom stereocenters. The van der Waals surface area contributed by atoms with Gasteiger partial charge in [-0.3, -0.25) is 13.9 Å². The number of nitrogens with one attached hydrogen (secondary N) is 1. The molecule has 1 aliphatic heterocycles. The third-order valence-corrected chi connectivity index (χ3v) is 8.91. The second-order valence-corrected chi connectivity index (χ2v) is 14.1. The molecule has 44 heavy (non-hydrogen) atoms. The molecule has 0 spiro atoms. The van der Waals surface area contributed by atoms with E-state index in [4.69, 9.17) is 9.47 Å². The van der Waals surface area contributed by atoms with Crippen molar-refractivity contribution in [2.45, 2.75) is 45.7 Å². The van der Waals surface area contributed by atoms with Crippen LogP contribution in [0.3, 0.4) is 0 Å². The number of carbonyl (C=O) groups excluding carboxylic acids is 2. The van der Waals surface area contributed by atoms with Crippen LogP contribution in [-0.4, -0.2) is 63.7 Å². The molecule has 0 saturated carbocycles. The highest BCUT2D eigenvalue weighted by atomic mass is 79.9. The summed E-state index contributed by atoms with van der Waals surface area (Å²) in [4.78, 5) is 29.2. The molecule has 4 rings (SSSR count). The van der Waals surface area contributed by atoms with Gasteiger partial charge in [0.2, 0.25) is 21.8 Å². The van der Waals surface area contributed by atoms with E-state index < -0.39 is 16.1 Å². The van der Waals surface area contributed by atoms with Crippen molar-refractivity contribution >= 4 is 43.5 Å². The number of ether oxygens (including phenoxy) is 2. The smallest absolute Gasteiger partial charge is 0.243 e. The normalized spacial score (nSPS) is 13.3. The van der Waals surface area contributed by atoms with Crippen LogP contribution in [0.5, 0.6) is 11.5 Å². The molecule has 1 heterocycles. The van der Waals surface area contributed by atoms with Crippen molar-refractivity contribution in [3.05, 3.63) is 88.4 Å². The second-order valence-electron chi connectivity index (χ2n) is 11.3. The zero-order valence-electron chi connectivity index (χ0n) is 25.4. The summed E-state index contributed by atoms with van der Waals surface area (Å²) < 4.78 is 39.0. The van der Waals surface area contributed by atoms with Gasteiger partial charge in [0.05, 0.1) is 11.9 Å². The fourth-order valence-corrected chi connectivity index (χ4v) is 6.18. The van der Waals surface area contributed by atoms with Gasteiger partial charge in [-0.2, -0.15) is 0 Å². The molecule has 1 aliphatic rings. The summed E-state index contributed by atoms with van der Waals surface area (Å²) in [6.07, 6.45) is 1.79. The van der Waals surface area contributed by atoms with Crippen LogP contribution in [0.2, 0.25) is 0 Å². The Labute approximate surface area is 268 Å². The largest absolute Gasteiger partial charge is 0.486 e. The molecule has 9 nitrogen and oxygen atoms in total. The number of benzene rings is 3. The van der Waals surface area contributed by atoms with Crippen LogP contribution >= 0.6 is 15.9 Å². The second kappa shape index (κ2) is 15.4. The van der Waals surface area contributed by atoms with Gasteiger partial charge >= 0.3 is 0 Å². The van der Waals surface area contributed by atoms with E-state index in [0.29, 0.717) is 43.4 Å². The maximum absolute atomic E-state index is 14.0. The van der Waals surface area contributed by atoms with E-state index in [0.717, 1.165) is 21.9 Å². The van der Waals surface area contributed by atoms with Gasteiger partial charge in [-0.05, 0) is 47.7 Å². The molecule has 1 N–H and O–H groups in total. The minimum atomic E-state index is -3.66. The number of amides is 2. The molecule has 2 amide bonds. The first-order valence-corrected chi connectivity index (χ1v) is 17.4. The Morgan fingerprint density at radius 1 is 0.932 bits per heavy atom. The van der Waals surface area contributed by atoms with Crippen molar-refractivity contribution in [2.24, 2.45) is 5.92 Å². The Kier molecular flexibility index (Phi) is 11.7. The minimum Gasteiger partial charge on any atom is -0.486 e. The third-order valence-electron chi connectivity index (χ3n) is 7.19. The van der Waals surface area contributed by atoms with E-state index in [2.05, 4.69) is 21.2 Å². The van der Waals surface area contributed by atoms with Crippen molar-refractivity contribution in [3.8, 4) is 11.5 Å². The number of hydrogen-bond acceptors (Lipinski definition) is 6. The van der Waals surface area contributed by atoms with Crippen LogP contribution in [0.1, 0.15) is 37.8 Å². The lowest BCUT2D eigenvalue weighted by Gasteiger charge is -2.32. The van der Waals surface area contributed by atoms with Crippen LogP contribution in [0.25, 0.3) is 0 Å². The van der Waals surface area contributed by atoms with E-state index in [1.54, 1.807) is 23.1 Å². The predicted molar refractivity (Wildman–Crippen MR) is 175 cm³/mol. The van der Waals surface area contributed by atoms with E-state index in [-0.39, 0.29) is 43.7 Å². The maximum Gasteiger partial charge on any atom is 0.243 e. The van der Waals surface area contributed by atoms with Crippen molar-refractivity contribution in [2.75, 3.05) is 36.9 Å². The summed E-state index contributed by atoms with van der Waals surface area (Å²) in [5.74, 6) is 0.837. The molecule has 236 valence electrons. The van der Waals surface area contributed by atoms with Crippen molar-refractivity contribution in [1.82, 2.24) is 10.2 Å². The lowest BCUT2D eigenvalue weighted by molar-refractivity contribution is -0.141. The van der Waals surface area contributed by atoms with Gasteiger partial charge in [0.25, 0.3) is 0 Å². The van der Waals surface area contributed by atoms with E-state index in [1.807, 2.05) is 68.4 Å². The van der Waals surface area contributed by atoms with E-state index in [1.165, 1.54) is 4.31 Å². The topological polar surface area (TPSA) is 105 Å². The predicted octanol–water partition coefficient (Wildman–Crippen LogP) is 5.18. The molecule has 11 heteroatoms. The van der Waals surface area contributed by atoms with Gasteiger partial charge < -0.3 is 19.7 Å². The molecule has 3 aromatic rings. The third kappa shape index (κ3) is 9.46. The minimum absolute atomic E-state index is 0.0514. The quantitative estimate of drug-likeness (QED) is 0.251. The van der Waals surface area contributed by atoms with Crippen molar-refractivity contribution in [1.29, 1.82) is 0 Å². The molecular weight excluding hydrogens is 646 g/mol. The first kappa shape index (κ1) is 33.3. The summed E-state index contributed by atoms with van der Waals surface area (Å²) in [5.41, 5.74) is 2.25. The Bertz CT molecular complexity index is 1520. The first-order valence-electron chi connectivity index (χ1n) is 14.7. The van der Waals surface area contributed by atoms with E-state index in [9.17, 15) is 18.0 Å². The SMILES string of the molecule is CC(C)CNC(=O)[C@@H](Cc1ccccc1)N(Cc1ccc(Br)cc1)C(=O)CCCN(c1ccc2c(c1)OCCO2)S(C)(=O)=O. The fourth-order valence-electron chi connectivity index (χ4n) is 4.95. The molecule has 0 radical (unpaired) electrons. The van der Waals surface area contributed by atoms with Crippen LogP contribution in [-0.2, 0) is 32.6 Å². The lowest BCUT2D eigenvalue weighted by Crippen LogP contribution is -2.51. The number of anilines is 1. The van der Waals surface area contributed by atoms with Crippen LogP contribution in [0.15, 0.2) is 77.3 Å². The highest BCUT2D eigenvalue weighted by Gasteiger charge is 2.31. The number of carbonyl (C=O) groups is 2. The molecule has 0 saturated heterocycles. The summed E-state index contributed by atoms with van der Waals surface area (Å²) in [6, 6.07) is 21.5. The van der Waals surface area contributed by atoms with Gasteiger partial charge in [-0.15, -0.1) is 0 Å². The van der Waals surface area contributed by atoms with Gasteiger partial charge in [-0.1, -0.05) is 72.2 Å². The van der Waals surface area contributed by atoms with Gasteiger partial charge in [-0.25, -0.2) is 8.42 Å². The molecule has 3 aromatic carbocycles. The van der Waals surface area contributed by atoms with Gasteiger partial charge in [0.15, 0.2) is 11.5 Å². The lowest BCUT2D eigenvalue weighted by atomic mass is 10.0. The first-order chi connectivity index (χ1) is 21.0. The zero-order valence-corrected chi connectivity index (χ0v) is 27.8. The Morgan fingerprint density at radius 3 is 2.27 bits per heavy atom. The number of rotatable bonds is 14. The number of sulfonamides is 1. The standard InChI is InChI=1S/C33H40BrN3O6S/c1-24(2)22-35-33(39)29(20-25-8-5-4-6-9-25)36(23-26-11-13-27(34)14-12-26)32(38)10-7-17-37(44(3,40)41)28-15-16-30-31(21-28)43-19-18-42-30/h4-6,8-9,11-16,21,24,29H,7,10,17-20,22-23H2,1-3H3,(H,35,39)/t29-/m1/s1. The number of nitrogens with zero attached hydrogens (tertiary/aromatic N) is 2. The van der Waals surface area contributed by atoms with Crippen molar-refractivity contribution in [3.63, 3.8) is 0 Å². The summed E-state index contributed by atoms with van der Waals surface area (Å²) in [6.45, 7) is 5.66. The number of halogens is 1. The van der Waals surface area contributed by atoms with Crippen LogP contribution < -0.4 is 19.1 Å². The molecule has 0 aromatic heterocycles. The number of fused-ring (bicyclic) bond motifs is 1. The summed E-state index contributed by atoms with van der Waals surface area (Å²) >= 11 is 3.46. The summed E-state index contributed by atoms with van der Waals surface area (Å²) in [7, 11) is -3.66. The summed E-state index contributed by atoms with van der Waals surface area (Å²) in [5, 5.41) is 3.02. The monoisotopic (exact) mass is 685 g/mol. The van der Waals surface area contributed by atoms with Gasteiger partial charge in [0.1, 0.15) is 19.3 Å². The number of hydrogen-bond donors (Lipinski definition) is 1. The van der Waals surface area contributed by atoms with Crippen molar-refractivity contribution < 1.29 is 27.5 Å². The van der Waals surface area contributed by atoms with Gasteiger partial charge in [0, 0.05) is 43.0 Å². The molecule has 0 bridgehead atoms. The highest BCUT2D eigenvalue weighted by molar-refractivity contribution is 9.10. The van der Waals surface area contributed by atoms with Crippen LogP contribution in [0, 0.1) is 5.92 Å². The zero-order chi connectivity index (χ0) is 31.7. The fraction of sp³-hybridized carbons (Fsp3) is 0.394. The molecule has 0 fully saturated rings. The Balaban J connectivity index is 1.57. The maximum atomic E-state index is 14.0.